The van der Waals surface area contributed by atoms with E-state index in [0.717, 1.165) is 18.4 Å². The number of nitrogens with zero attached hydrogens (tertiary/aromatic N) is 1. The molecular formula is C14H30N2. The lowest BCUT2D eigenvalue weighted by atomic mass is 9.91. The predicted molar refractivity (Wildman–Crippen MR) is 71.7 cm³/mol. The summed E-state index contributed by atoms with van der Waals surface area (Å²) in [5.41, 5.74) is 0. The summed E-state index contributed by atoms with van der Waals surface area (Å²) < 4.78 is 0. The van der Waals surface area contributed by atoms with E-state index in [2.05, 4.69) is 44.8 Å². The van der Waals surface area contributed by atoms with Crippen molar-refractivity contribution in [2.24, 2.45) is 11.8 Å². The van der Waals surface area contributed by atoms with Crippen LogP contribution in [-0.4, -0.2) is 36.6 Å². The molecule has 16 heavy (non-hydrogen) atoms. The van der Waals surface area contributed by atoms with E-state index in [0.29, 0.717) is 12.1 Å². The smallest absolute Gasteiger partial charge is 0.0192 e. The Morgan fingerprint density at radius 2 is 1.75 bits per heavy atom. The minimum atomic E-state index is 0.655. The first kappa shape index (κ1) is 14.0. The molecule has 1 aliphatic heterocycles. The zero-order chi connectivity index (χ0) is 12.1. The number of hydrogen-bond acceptors (Lipinski definition) is 2. The van der Waals surface area contributed by atoms with Crippen LogP contribution in [0.15, 0.2) is 0 Å². The largest absolute Gasteiger partial charge is 0.313 e. The first-order chi connectivity index (χ1) is 7.52. The van der Waals surface area contributed by atoms with Gasteiger partial charge in [-0.25, -0.2) is 0 Å². The number of likely N-dealkylation sites (tertiary alicyclic amines) is 1. The second-order valence-corrected chi connectivity index (χ2v) is 5.97. The van der Waals surface area contributed by atoms with Crippen LogP contribution in [0.4, 0.5) is 0 Å². The van der Waals surface area contributed by atoms with E-state index in [1.807, 2.05) is 0 Å². The minimum absolute atomic E-state index is 0.655. The average Bonchev–Trinajstić information content (AvgIpc) is 2.23. The van der Waals surface area contributed by atoms with E-state index < -0.39 is 0 Å². The topological polar surface area (TPSA) is 15.3 Å². The maximum atomic E-state index is 3.62. The molecule has 2 nitrogen and oxygen atoms in total. The van der Waals surface area contributed by atoms with Crippen molar-refractivity contribution >= 4 is 0 Å². The Hall–Kier alpha value is -0.0800. The van der Waals surface area contributed by atoms with Crippen LogP contribution < -0.4 is 5.32 Å². The van der Waals surface area contributed by atoms with Gasteiger partial charge >= 0.3 is 0 Å². The van der Waals surface area contributed by atoms with Crippen molar-refractivity contribution in [3.05, 3.63) is 0 Å². The van der Waals surface area contributed by atoms with Crippen molar-refractivity contribution < 1.29 is 0 Å². The van der Waals surface area contributed by atoms with Gasteiger partial charge in [-0.15, -0.1) is 0 Å². The molecule has 0 aromatic carbocycles. The summed E-state index contributed by atoms with van der Waals surface area (Å²) in [5, 5.41) is 3.62. The molecule has 1 saturated heterocycles. The molecule has 0 radical (unpaired) electrons. The summed E-state index contributed by atoms with van der Waals surface area (Å²) in [7, 11) is 0. The van der Waals surface area contributed by atoms with Gasteiger partial charge in [-0.05, 0) is 38.5 Å². The molecule has 2 heteroatoms. The van der Waals surface area contributed by atoms with Gasteiger partial charge in [0.15, 0.2) is 0 Å². The lowest BCUT2D eigenvalue weighted by molar-refractivity contribution is 0.101. The van der Waals surface area contributed by atoms with Crippen LogP contribution in [0, 0.1) is 11.8 Å². The Balaban J connectivity index is 2.32. The van der Waals surface area contributed by atoms with Crippen molar-refractivity contribution in [3.8, 4) is 0 Å². The monoisotopic (exact) mass is 226 g/mol. The first-order valence-electron chi connectivity index (χ1n) is 7.00. The molecular weight excluding hydrogens is 196 g/mol. The van der Waals surface area contributed by atoms with Crippen LogP contribution in [0.5, 0.6) is 0 Å². The highest BCUT2D eigenvalue weighted by Gasteiger charge is 2.24. The lowest BCUT2D eigenvalue weighted by Gasteiger charge is -2.39. The van der Waals surface area contributed by atoms with Gasteiger partial charge in [-0.1, -0.05) is 20.8 Å². The Morgan fingerprint density at radius 3 is 2.25 bits per heavy atom. The van der Waals surface area contributed by atoms with E-state index in [1.165, 1.54) is 25.9 Å². The van der Waals surface area contributed by atoms with E-state index in [1.54, 1.807) is 0 Å². The first-order valence-corrected chi connectivity index (χ1v) is 7.00. The molecule has 0 spiro atoms. The van der Waals surface area contributed by atoms with E-state index in [4.69, 9.17) is 0 Å². The Labute approximate surface area is 102 Å². The summed E-state index contributed by atoms with van der Waals surface area (Å²) in [6.07, 6.45) is 2.63. The Morgan fingerprint density at radius 1 is 1.19 bits per heavy atom. The van der Waals surface area contributed by atoms with Gasteiger partial charge in [0, 0.05) is 31.7 Å². The second-order valence-electron chi connectivity index (χ2n) is 5.97. The molecule has 96 valence electrons. The Bertz CT molecular complexity index is 183. The summed E-state index contributed by atoms with van der Waals surface area (Å²) in [5.74, 6) is 1.74. The van der Waals surface area contributed by atoms with Crippen LogP contribution in [0.3, 0.4) is 0 Å². The number of rotatable bonds is 5. The molecule has 4 atom stereocenters. The van der Waals surface area contributed by atoms with E-state index in [9.17, 15) is 0 Å². The third-order valence-electron chi connectivity index (χ3n) is 3.89. The maximum Gasteiger partial charge on any atom is 0.0192 e. The summed E-state index contributed by atoms with van der Waals surface area (Å²) in [6, 6.07) is 1.33. The molecule has 1 fully saturated rings. The number of piperidine rings is 1. The molecule has 0 aromatic heterocycles. The summed E-state index contributed by atoms with van der Waals surface area (Å²) in [6.45, 7) is 15.4. The molecule has 0 amide bonds. The van der Waals surface area contributed by atoms with Gasteiger partial charge in [0.25, 0.3) is 0 Å². The van der Waals surface area contributed by atoms with Crippen molar-refractivity contribution in [1.29, 1.82) is 0 Å². The average molecular weight is 226 g/mol. The molecule has 1 aliphatic rings. The van der Waals surface area contributed by atoms with Crippen LogP contribution in [0.25, 0.3) is 0 Å². The van der Waals surface area contributed by atoms with Crippen molar-refractivity contribution in [1.82, 2.24) is 10.2 Å². The molecule has 0 aromatic rings. The van der Waals surface area contributed by atoms with Crippen LogP contribution in [0.2, 0.25) is 0 Å². The van der Waals surface area contributed by atoms with Crippen LogP contribution >= 0.6 is 0 Å². The second kappa shape index (κ2) is 6.61. The predicted octanol–water partition coefficient (Wildman–Crippen LogP) is 2.74. The minimum Gasteiger partial charge on any atom is -0.313 e. The number of hydrogen-bond donors (Lipinski definition) is 1. The van der Waals surface area contributed by atoms with Crippen molar-refractivity contribution in [3.63, 3.8) is 0 Å². The van der Waals surface area contributed by atoms with E-state index >= 15 is 0 Å². The highest BCUT2D eigenvalue weighted by Crippen LogP contribution is 2.22. The summed E-state index contributed by atoms with van der Waals surface area (Å²) in [4.78, 5) is 2.66. The lowest BCUT2D eigenvalue weighted by Crippen LogP contribution is -2.48. The molecule has 0 aliphatic carbocycles. The highest BCUT2D eigenvalue weighted by molar-refractivity contribution is 4.80. The zero-order valence-electron chi connectivity index (χ0n) is 11.8. The Kier molecular flexibility index (Phi) is 5.77. The molecule has 1 N–H and O–H groups in total. The highest BCUT2D eigenvalue weighted by atomic mass is 15.2. The van der Waals surface area contributed by atoms with Crippen molar-refractivity contribution in [2.45, 2.75) is 59.5 Å². The van der Waals surface area contributed by atoms with Gasteiger partial charge in [-0.2, -0.15) is 0 Å². The van der Waals surface area contributed by atoms with Gasteiger partial charge in [0.1, 0.15) is 0 Å². The van der Waals surface area contributed by atoms with Gasteiger partial charge in [0.2, 0.25) is 0 Å². The normalized spacial score (nSPS) is 31.3. The number of nitrogens with one attached hydrogen (secondary N) is 1. The fourth-order valence-electron chi connectivity index (χ4n) is 2.72. The van der Waals surface area contributed by atoms with Gasteiger partial charge in [-0.3, -0.25) is 4.90 Å². The third-order valence-corrected chi connectivity index (χ3v) is 3.89. The van der Waals surface area contributed by atoms with Gasteiger partial charge in [0.05, 0.1) is 0 Å². The molecule has 1 heterocycles. The van der Waals surface area contributed by atoms with Crippen LogP contribution in [-0.2, 0) is 0 Å². The van der Waals surface area contributed by atoms with Gasteiger partial charge < -0.3 is 5.32 Å². The third kappa shape index (κ3) is 4.42. The summed E-state index contributed by atoms with van der Waals surface area (Å²) >= 11 is 0. The molecule has 0 bridgehead atoms. The standard InChI is InChI=1S/C14H30N2/c1-6-13(4)15-8-14(5)16-9-11(2)7-12(3)10-16/h11-15H,6-10H2,1-5H3. The molecule has 1 rings (SSSR count). The van der Waals surface area contributed by atoms with E-state index in [-0.39, 0.29) is 0 Å². The van der Waals surface area contributed by atoms with Crippen molar-refractivity contribution in [2.75, 3.05) is 19.6 Å². The SMILES string of the molecule is CCC(C)NCC(C)N1CC(C)CC(C)C1. The maximum absolute atomic E-state index is 3.62. The van der Waals surface area contributed by atoms with Crippen LogP contribution in [0.1, 0.15) is 47.5 Å². The fraction of sp³-hybridized carbons (Fsp3) is 1.00. The zero-order valence-corrected chi connectivity index (χ0v) is 11.8. The molecule has 4 unspecified atom stereocenters. The fourth-order valence-corrected chi connectivity index (χ4v) is 2.72. The quantitative estimate of drug-likeness (QED) is 0.775. The molecule has 0 saturated carbocycles.